The lowest BCUT2D eigenvalue weighted by Crippen LogP contribution is -2.30. The number of rotatable bonds is 4. The Bertz CT molecular complexity index is 575. The second-order valence-corrected chi connectivity index (χ2v) is 4.24. The van der Waals surface area contributed by atoms with E-state index < -0.39 is 25.0 Å². The highest BCUT2D eigenvalue weighted by atomic mass is 19.4. The standard InChI is InChI=1S/C12H12F3N3O2/c1-18(5-4-12(13,14)15)11(19)9-7-8(16-17-9)10-3-2-6-20-10/h2-3,6-7H,4-5H2,1H3,(H,16,17). The maximum absolute atomic E-state index is 12.1. The fourth-order valence-electron chi connectivity index (χ4n) is 1.58. The van der Waals surface area contributed by atoms with Crippen LogP contribution in [-0.2, 0) is 0 Å². The van der Waals surface area contributed by atoms with Crippen molar-refractivity contribution in [2.75, 3.05) is 13.6 Å². The van der Waals surface area contributed by atoms with Gasteiger partial charge in [0, 0.05) is 19.7 Å². The van der Waals surface area contributed by atoms with Crippen LogP contribution in [0.5, 0.6) is 0 Å². The van der Waals surface area contributed by atoms with E-state index in [2.05, 4.69) is 10.2 Å². The van der Waals surface area contributed by atoms with Gasteiger partial charge in [-0.05, 0) is 12.1 Å². The summed E-state index contributed by atoms with van der Waals surface area (Å²) in [7, 11) is 1.30. The Hall–Kier alpha value is -2.25. The zero-order valence-electron chi connectivity index (χ0n) is 10.6. The molecule has 0 saturated heterocycles. The van der Waals surface area contributed by atoms with Crippen LogP contribution >= 0.6 is 0 Å². The smallest absolute Gasteiger partial charge is 0.390 e. The zero-order chi connectivity index (χ0) is 14.8. The van der Waals surface area contributed by atoms with Gasteiger partial charge in [-0.15, -0.1) is 0 Å². The lowest BCUT2D eigenvalue weighted by atomic mass is 10.2. The first-order valence-electron chi connectivity index (χ1n) is 5.78. The van der Waals surface area contributed by atoms with E-state index in [-0.39, 0.29) is 5.69 Å². The number of furan rings is 1. The Kier molecular flexibility index (Phi) is 3.82. The molecule has 0 radical (unpaired) electrons. The fourth-order valence-corrected chi connectivity index (χ4v) is 1.58. The number of carbonyl (C=O) groups is 1. The van der Waals surface area contributed by atoms with Crippen LogP contribution in [0.2, 0.25) is 0 Å². The van der Waals surface area contributed by atoms with Crippen LogP contribution in [0.4, 0.5) is 13.2 Å². The predicted molar refractivity (Wildman–Crippen MR) is 63.9 cm³/mol. The van der Waals surface area contributed by atoms with Crippen molar-refractivity contribution in [2.24, 2.45) is 0 Å². The van der Waals surface area contributed by atoms with E-state index in [4.69, 9.17) is 4.42 Å². The first kappa shape index (κ1) is 14.2. The lowest BCUT2D eigenvalue weighted by molar-refractivity contribution is -0.136. The largest absolute Gasteiger partial charge is 0.463 e. The molecular weight excluding hydrogens is 275 g/mol. The van der Waals surface area contributed by atoms with Crippen LogP contribution in [-0.4, -0.2) is 40.8 Å². The van der Waals surface area contributed by atoms with Gasteiger partial charge < -0.3 is 9.32 Å². The first-order chi connectivity index (χ1) is 9.37. The van der Waals surface area contributed by atoms with E-state index >= 15 is 0 Å². The molecule has 0 aliphatic carbocycles. The van der Waals surface area contributed by atoms with E-state index in [1.54, 1.807) is 12.1 Å². The summed E-state index contributed by atoms with van der Waals surface area (Å²) in [4.78, 5) is 12.9. The van der Waals surface area contributed by atoms with Gasteiger partial charge in [-0.2, -0.15) is 18.3 Å². The van der Waals surface area contributed by atoms with Crippen molar-refractivity contribution >= 4 is 5.91 Å². The predicted octanol–water partition coefficient (Wildman–Crippen LogP) is 2.69. The van der Waals surface area contributed by atoms with Gasteiger partial charge in [-0.3, -0.25) is 9.89 Å². The van der Waals surface area contributed by atoms with Gasteiger partial charge >= 0.3 is 6.18 Å². The molecule has 0 saturated carbocycles. The number of aromatic amines is 1. The summed E-state index contributed by atoms with van der Waals surface area (Å²) in [5.41, 5.74) is 0.531. The highest BCUT2D eigenvalue weighted by molar-refractivity contribution is 5.93. The van der Waals surface area contributed by atoms with Crippen molar-refractivity contribution < 1.29 is 22.4 Å². The molecule has 1 amide bonds. The average Bonchev–Trinajstić information content (AvgIpc) is 3.03. The van der Waals surface area contributed by atoms with Gasteiger partial charge in [0.05, 0.1) is 12.7 Å². The third-order valence-electron chi connectivity index (χ3n) is 2.66. The number of carbonyl (C=O) groups excluding carboxylic acids is 1. The number of nitrogens with one attached hydrogen (secondary N) is 1. The molecule has 8 heteroatoms. The van der Waals surface area contributed by atoms with Crippen LogP contribution < -0.4 is 0 Å². The summed E-state index contributed by atoms with van der Waals surface area (Å²) in [5.74, 6) is -0.0854. The minimum atomic E-state index is -4.29. The number of nitrogens with zero attached hydrogens (tertiary/aromatic N) is 2. The van der Waals surface area contributed by atoms with Gasteiger partial charge in [0.15, 0.2) is 11.5 Å². The van der Waals surface area contributed by atoms with Gasteiger partial charge in [0.25, 0.3) is 5.91 Å². The van der Waals surface area contributed by atoms with Crippen molar-refractivity contribution in [3.8, 4) is 11.5 Å². The van der Waals surface area contributed by atoms with Crippen molar-refractivity contribution in [1.82, 2.24) is 15.1 Å². The fraction of sp³-hybridized carbons (Fsp3) is 0.333. The molecule has 0 aliphatic heterocycles. The second-order valence-electron chi connectivity index (χ2n) is 4.24. The number of alkyl halides is 3. The molecule has 0 atom stereocenters. The number of aromatic nitrogens is 2. The van der Waals surface area contributed by atoms with Crippen molar-refractivity contribution in [3.63, 3.8) is 0 Å². The topological polar surface area (TPSA) is 62.1 Å². The Balaban J connectivity index is 2.02. The maximum Gasteiger partial charge on any atom is 0.390 e. The van der Waals surface area contributed by atoms with Crippen LogP contribution in [0.15, 0.2) is 28.9 Å². The minimum absolute atomic E-state index is 0.0427. The Morgan fingerprint density at radius 1 is 1.50 bits per heavy atom. The van der Waals surface area contributed by atoms with Crippen molar-refractivity contribution in [3.05, 3.63) is 30.2 Å². The van der Waals surface area contributed by atoms with Gasteiger partial charge in [0.2, 0.25) is 0 Å². The number of H-pyrrole nitrogens is 1. The van der Waals surface area contributed by atoms with Crippen molar-refractivity contribution in [1.29, 1.82) is 0 Å². The monoisotopic (exact) mass is 287 g/mol. The third kappa shape index (κ3) is 3.40. The SMILES string of the molecule is CN(CCC(F)(F)F)C(=O)c1cc(-c2ccco2)[nH]n1. The molecule has 108 valence electrons. The van der Waals surface area contributed by atoms with E-state index in [0.717, 1.165) is 4.90 Å². The molecule has 2 rings (SSSR count). The van der Waals surface area contributed by atoms with Crippen LogP contribution in [0.1, 0.15) is 16.9 Å². The number of halogens is 3. The molecule has 0 unspecified atom stereocenters. The third-order valence-corrected chi connectivity index (χ3v) is 2.66. The van der Waals surface area contributed by atoms with Crippen LogP contribution in [0, 0.1) is 0 Å². The zero-order valence-corrected chi connectivity index (χ0v) is 10.6. The molecule has 0 aliphatic rings. The van der Waals surface area contributed by atoms with Crippen LogP contribution in [0.25, 0.3) is 11.5 Å². The molecule has 0 spiro atoms. The summed E-state index contributed by atoms with van der Waals surface area (Å²) in [5, 5.41) is 6.38. The Labute approximate surface area is 112 Å². The molecule has 2 heterocycles. The molecule has 0 aromatic carbocycles. The average molecular weight is 287 g/mol. The maximum atomic E-state index is 12.1. The molecular formula is C12H12F3N3O2. The van der Waals surface area contributed by atoms with Crippen LogP contribution in [0.3, 0.4) is 0 Å². The molecule has 5 nitrogen and oxygen atoms in total. The quantitative estimate of drug-likeness (QED) is 0.940. The molecule has 2 aromatic heterocycles. The lowest BCUT2D eigenvalue weighted by Gasteiger charge is -2.16. The van der Waals surface area contributed by atoms with Gasteiger partial charge in [-0.25, -0.2) is 0 Å². The van der Waals surface area contributed by atoms with Crippen molar-refractivity contribution in [2.45, 2.75) is 12.6 Å². The summed E-state index contributed by atoms with van der Waals surface area (Å²) >= 11 is 0. The number of amides is 1. The molecule has 20 heavy (non-hydrogen) atoms. The van der Waals surface area contributed by atoms with Gasteiger partial charge in [-0.1, -0.05) is 0 Å². The first-order valence-corrected chi connectivity index (χ1v) is 5.78. The summed E-state index contributed by atoms with van der Waals surface area (Å²) < 4.78 is 41.4. The normalized spacial score (nSPS) is 11.6. The van der Waals surface area contributed by atoms with E-state index in [1.165, 1.54) is 19.4 Å². The number of hydrogen-bond acceptors (Lipinski definition) is 3. The minimum Gasteiger partial charge on any atom is -0.463 e. The molecule has 0 fully saturated rings. The highest BCUT2D eigenvalue weighted by Crippen LogP contribution is 2.21. The molecule has 2 aromatic rings. The Morgan fingerprint density at radius 2 is 2.25 bits per heavy atom. The second kappa shape index (κ2) is 5.40. The summed E-state index contributed by atoms with van der Waals surface area (Å²) in [6.45, 7) is -0.411. The number of hydrogen-bond donors (Lipinski definition) is 1. The van der Waals surface area contributed by atoms with E-state index in [1.807, 2.05) is 0 Å². The highest BCUT2D eigenvalue weighted by Gasteiger charge is 2.28. The van der Waals surface area contributed by atoms with E-state index in [0.29, 0.717) is 11.5 Å². The molecule has 0 bridgehead atoms. The van der Waals surface area contributed by atoms with Gasteiger partial charge in [0.1, 0.15) is 5.69 Å². The van der Waals surface area contributed by atoms with E-state index in [9.17, 15) is 18.0 Å². The molecule has 1 N–H and O–H groups in total. The summed E-state index contributed by atoms with van der Waals surface area (Å²) in [6, 6.07) is 4.79. The Morgan fingerprint density at radius 3 is 2.85 bits per heavy atom. The summed E-state index contributed by atoms with van der Waals surface area (Å²) in [6.07, 6.45) is -3.88.